The highest BCUT2D eigenvalue weighted by Crippen LogP contribution is 2.53. The number of hydrogen-bond donors (Lipinski definition) is 1. The molecule has 3 heteroatoms. The van der Waals surface area contributed by atoms with Crippen LogP contribution in [0.5, 0.6) is 0 Å². The number of nitrogens with zero attached hydrogens (tertiary/aromatic N) is 1. The van der Waals surface area contributed by atoms with Crippen LogP contribution in [0.3, 0.4) is 0 Å². The first-order valence-corrected chi connectivity index (χ1v) is 14.2. The quantitative estimate of drug-likeness (QED) is 0.227. The number of hydrogen-bond acceptors (Lipinski definition) is 3. The fourth-order valence-corrected chi connectivity index (χ4v) is 6.69. The fraction of sp³-hybridized carbons (Fsp3) is 0.103. The van der Waals surface area contributed by atoms with Crippen molar-refractivity contribution in [3.05, 3.63) is 138 Å². The van der Waals surface area contributed by atoms with Crippen molar-refractivity contribution in [1.29, 1.82) is 0 Å². The van der Waals surface area contributed by atoms with Crippen LogP contribution in [-0.4, -0.2) is 10.1 Å². The summed E-state index contributed by atoms with van der Waals surface area (Å²) >= 11 is 0. The minimum atomic E-state index is -0.138. The van der Waals surface area contributed by atoms with Crippen LogP contribution in [0, 0.1) is 0 Å². The van der Waals surface area contributed by atoms with Gasteiger partial charge in [0.15, 0.2) is 0 Å². The molecule has 0 unspecified atom stereocenters. The van der Waals surface area contributed by atoms with Crippen LogP contribution in [-0.2, 0) is 12.0 Å². The molecule has 0 bridgehead atoms. The van der Waals surface area contributed by atoms with Gasteiger partial charge in [-0.05, 0) is 96.2 Å². The fourth-order valence-electron chi connectivity index (χ4n) is 6.69. The van der Waals surface area contributed by atoms with E-state index in [1.54, 1.807) is 12.5 Å². The molecule has 0 saturated carbocycles. The maximum atomic E-state index is 9.70. The summed E-state index contributed by atoms with van der Waals surface area (Å²) in [7, 11) is 0. The Hall–Kier alpha value is -4.99. The summed E-state index contributed by atoms with van der Waals surface area (Å²) < 4.78 is 5.55. The highest BCUT2D eigenvalue weighted by molar-refractivity contribution is 6.13. The van der Waals surface area contributed by atoms with E-state index >= 15 is 0 Å². The molecule has 42 heavy (non-hydrogen) atoms. The van der Waals surface area contributed by atoms with E-state index in [0.29, 0.717) is 5.89 Å². The number of fused-ring (bicyclic) bond motifs is 4. The smallest absolute Gasteiger partial charge is 0.225 e. The Kier molecular flexibility index (Phi) is 6.07. The normalized spacial score (nSPS) is 13.1. The zero-order chi connectivity index (χ0) is 29.0. The van der Waals surface area contributed by atoms with Crippen molar-refractivity contribution in [3.8, 4) is 44.8 Å². The largest absolute Gasteiger partial charge is 0.445 e. The van der Waals surface area contributed by atoms with Gasteiger partial charge in [0.1, 0.15) is 6.26 Å². The van der Waals surface area contributed by atoms with Gasteiger partial charge >= 0.3 is 0 Å². The summed E-state index contributed by atoms with van der Waals surface area (Å²) in [6.07, 6.45) is 7.15. The van der Waals surface area contributed by atoms with Crippen molar-refractivity contribution in [2.45, 2.75) is 25.9 Å². The van der Waals surface area contributed by atoms with Gasteiger partial charge in [0.05, 0.1) is 12.8 Å². The van der Waals surface area contributed by atoms with E-state index in [4.69, 9.17) is 4.42 Å². The highest BCUT2D eigenvalue weighted by Gasteiger charge is 2.36. The van der Waals surface area contributed by atoms with Gasteiger partial charge in [0.2, 0.25) is 5.89 Å². The average molecular weight is 546 g/mol. The van der Waals surface area contributed by atoms with Crippen LogP contribution in [0.4, 0.5) is 0 Å². The van der Waals surface area contributed by atoms with Crippen molar-refractivity contribution < 1.29 is 9.52 Å². The van der Waals surface area contributed by atoms with Gasteiger partial charge in [-0.3, -0.25) is 0 Å². The number of aliphatic hydroxyl groups is 1. The van der Waals surface area contributed by atoms with Crippen LogP contribution < -0.4 is 0 Å². The molecule has 0 spiro atoms. The predicted molar refractivity (Wildman–Crippen MR) is 174 cm³/mol. The van der Waals surface area contributed by atoms with Gasteiger partial charge in [-0.2, -0.15) is 0 Å². The molecule has 5 aromatic carbocycles. The SMILES string of the molecule is C=Cc1c(C=C)c(-c2ccc(-c3ncco3)cc2)c2cc3c(cc2c1-c1ccc(CO)cc1)-c1ccccc1C3(C)C. The lowest BCUT2D eigenvalue weighted by molar-refractivity contribution is 0.282. The number of oxazole rings is 1. The number of aliphatic hydroxyl groups excluding tert-OH is 1. The molecular formula is C39H31NO2. The predicted octanol–water partition coefficient (Wildman–Crippen LogP) is 9.91. The summed E-state index contributed by atoms with van der Waals surface area (Å²) in [5.41, 5.74) is 13.3. The number of rotatable bonds is 6. The molecule has 7 rings (SSSR count). The van der Waals surface area contributed by atoms with E-state index in [1.807, 2.05) is 24.3 Å². The lowest BCUT2D eigenvalue weighted by Crippen LogP contribution is -2.15. The van der Waals surface area contributed by atoms with Crippen molar-refractivity contribution in [1.82, 2.24) is 4.98 Å². The van der Waals surface area contributed by atoms with E-state index < -0.39 is 0 Å². The van der Waals surface area contributed by atoms with Crippen molar-refractivity contribution in [2.75, 3.05) is 0 Å². The summed E-state index contributed by atoms with van der Waals surface area (Å²) in [6.45, 7) is 13.2. The zero-order valence-corrected chi connectivity index (χ0v) is 23.8. The van der Waals surface area contributed by atoms with E-state index in [-0.39, 0.29) is 12.0 Å². The maximum absolute atomic E-state index is 9.70. The average Bonchev–Trinajstić information content (AvgIpc) is 3.65. The minimum Gasteiger partial charge on any atom is -0.445 e. The molecule has 0 aliphatic heterocycles. The van der Waals surface area contributed by atoms with Crippen LogP contribution in [0.1, 0.15) is 41.7 Å². The first kappa shape index (κ1) is 25.9. The molecule has 0 amide bonds. The number of aromatic nitrogens is 1. The molecule has 1 N–H and O–H groups in total. The van der Waals surface area contributed by atoms with Gasteiger partial charge in [0.25, 0.3) is 0 Å². The van der Waals surface area contributed by atoms with Gasteiger partial charge in [0, 0.05) is 11.0 Å². The third kappa shape index (κ3) is 3.82. The second-order valence-corrected chi connectivity index (χ2v) is 11.4. The molecule has 0 saturated heterocycles. The monoisotopic (exact) mass is 545 g/mol. The Morgan fingerprint density at radius 2 is 1.33 bits per heavy atom. The summed E-state index contributed by atoms with van der Waals surface area (Å²) in [5.74, 6) is 0.598. The molecule has 0 fully saturated rings. The summed E-state index contributed by atoms with van der Waals surface area (Å²) in [5, 5.41) is 12.0. The summed E-state index contributed by atoms with van der Waals surface area (Å²) in [6, 6.07) is 30.1. The lowest BCUT2D eigenvalue weighted by atomic mass is 9.78. The molecule has 0 radical (unpaired) electrons. The van der Waals surface area contributed by atoms with Crippen LogP contribution in [0.15, 0.2) is 115 Å². The second kappa shape index (κ2) is 9.83. The molecule has 1 aliphatic rings. The Morgan fingerprint density at radius 3 is 1.93 bits per heavy atom. The maximum Gasteiger partial charge on any atom is 0.225 e. The molecule has 6 aromatic rings. The van der Waals surface area contributed by atoms with Crippen molar-refractivity contribution >= 4 is 22.9 Å². The van der Waals surface area contributed by atoms with E-state index in [9.17, 15) is 5.11 Å². The molecule has 1 aromatic heterocycles. The third-order valence-corrected chi connectivity index (χ3v) is 8.78. The van der Waals surface area contributed by atoms with Gasteiger partial charge in [-0.1, -0.05) is 99.8 Å². The van der Waals surface area contributed by atoms with Crippen LogP contribution >= 0.6 is 0 Å². The second-order valence-electron chi connectivity index (χ2n) is 11.4. The van der Waals surface area contributed by atoms with Crippen LogP contribution in [0.25, 0.3) is 67.8 Å². The van der Waals surface area contributed by atoms with Crippen molar-refractivity contribution in [3.63, 3.8) is 0 Å². The van der Waals surface area contributed by atoms with Gasteiger partial charge in [-0.15, -0.1) is 0 Å². The molecule has 1 heterocycles. The highest BCUT2D eigenvalue weighted by atomic mass is 16.3. The Morgan fingerprint density at radius 1 is 0.738 bits per heavy atom. The van der Waals surface area contributed by atoms with E-state index in [0.717, 1.165) is 49.9 Å². The first-order chi connectivity index (χ1) is 20.5. The zero-order valence-electron chi connectivity index (χ0n) is 23.8. The van der Waals surface area contributed by atoms with Gasteiger partial charge < -0.3 is 9.52 Å². The van der Waals surface area contributed by atoms with E-state index in [1.165, 1.54) is 27.6 Å². The Balaban J connectivity index is 1.60. The molecule has 3 nitrogen and oxygen atoms in total. The topological polar surface area (TPSA) is 46.3 Å². The minimum absolute atomic E-state index is 0.00901. The molecule has 0 atom stereocenters. The third-order valence-electron chi connectivity index (χ3n) is 8.78. The number of benzene rings is 5. The molecule has 1 aliphatic carbocycles. The lowest BCUT2D eigenvalue weighted by Gasteiger charge is -2.24. The molecule has 204 valence electrons. The summed E-state index contributed by atoms with van der Waals surface area (Å²) in [4.78, 5) is 4.32. The first-order valence-electron chi connectivity index (χ1n) is 14.2. The Labute approximate surface area is 246 Å². The Bertz CT molecular complexity index is 1990. The van der Waals surface area contributed by atoms with Crippen LogP contribution in [0.2, 0.25) is 0 Å². The van der Waals surface area contributed by atoms with Crippen molar-refractivity contribution in [2.24, 2.45) is 0 Å². The molecular weight excluding hydrogens is 514 g/mol. The van der Waals surface area contributed by atoms with Gasteiger partial charge in [-0.25, -0.2) is 4.98 Å². The standard InChI is InChI=1S/C39H31NO2/c1-5-28-29(6-2)37(26-15-17-27(18-16-26)38-40-19-20-42-38)33-22-35-31(30-9-7-8-10-34(30)39(35,3)4)21-32(33)36(28)25-13-11-24(23-41)12-14-25/h5-22,41H,1-2,23H2,3-4H3. The van der Waals surface area contributed by atoms with E-state index in [2.05, 4.69) is 105 Å².